The van der Waals surface area contributed by atoms with E-state index >= 15 is 0 Å². The average molecular weight is 612 g/mol. The number of benzene rings is 3. The van der Waals surface area contributed by atoms with Gasteiger partial charge >= 0.3 is 0 Å². The van der Waals surface area contributed by atoms with Gasteiger partial charge in [0.1, 0.15) is 6.04 Å². The van der Waals surface area contributed by atoms with Crippen LogP contribution in [0.25, 0.3) is 0 Å². The lowest BCUT2D eigenvalue weighted by Crippen LogP contribution is -2.54. The van der Waals surface area contributed by atoms with Crippen molar-refractivity contribution in [1.82, 2.24) is 10.2 Å². The summed E-state index contributed by atoms with van der Waals surface area (Å²) in [5.74, 6) is -0.520. The van der Waals surface area contributed by atoms with E-state index in [2.05, 4.69) is 5.32 Å². The number of hydrogen-bond acceptors (Lipinski definition) is 4. The Kier molecular flexibility index (Phi) is 11.2. The molecule has 42 heavy (non-hydrogen) atoms. The Labute approximate surface area is 255 Å². The summed E-state index contributed by atoms with van der Waals surface area (Å²) in [5.41, 5.74) is 3.61. The molecule has 0 aromatic heterocycles. The summed E-state index contributed by atoms with van der Waals surface area (Å²) in [6.07, 6.45) is 1.81. The molecule has 0 saturated heterocycles. The number of nitrogens with zero attached hydrogens (tertiary/aromatic N) is 2. The van der Waals surface area contributed by atoms with Crippen molar-refractivity contribution in [3.63, 3.8) is 0 Å². The maximum Gasteiger partial charge on any atom is 0.243 e. The van der Waals surface area contributed by atoms with Crippen LogP contribution in [0.3, 0.4) is 0 Å². The molecule has 0 bridgehead atoms. The van der Waals surface area contributed by atoms with Gasteiger partial charge in [-0.05, 0) is 81.5 Å². The van der Waals surface area contributed by atoms with E-state index in [9.17, 15) is 18.0 Å². The molecule has 7 nitrogen and oxygen atoms in total. The minimum atomic E-state index is -3.59. The molecule has 3 aromatic rings. The number of rotatable bonds is 12. The summed E-state index contributed by atoms with van der Waals surface area (Å²) in [6, 6.07) is 21.7. The van der Waals surface area contributed by atoms with Gasteiger partial charge in [0.05, 0.1) is 11.9 Å². The smallest absolute Gasteiger partial charge is 0.243 e. The molecule has 2 amide bonds. The molecule has 0 heterocycles. The number of aryl methyl sites for hydroxylation is 2. The molecule has 3 rings (SSSR count). The summed E-state index contributed by atoms with van der Waals surface area (Å²) >= 11 is 6.50. The third-order valence-corrected chi connectivity index (χ3v) is 8.28. The molecule has 0 radical (unpaired) electrons. The predicted octanol–water partition coefficient (Wildman–Crippen LogP) is 6.06. The van der Waals surface area contributed by atoms with Crippen LogP contribution in [0, 0.1) is 13.8 Å². The fourth-order valence-corrected chi connectivity index (χ4v) is 6.06. The third-order valence-electron chi connectivity index (χ3n) is 6.71. The van der Waals surface area contributed by atoms with Gasteiger partial charge in [-0.3, -0.25) is 13.9 Å². The molecule has 0 aliphatic rings. The van der Waals surface area contributed by atoms with Crippen molar-refractivity contribution in [3.05, 3.63) is 100 Å². The van der Waals surface area contributed by atoms with Gasteiger partial charge in [-0.1, -0.05) is 66.2 Å². The molecule has 0 aliphatic carbocycles. The number of anilines is 1. The quantitative estimate of drug-likeness (QED) is 0.270. The van der Waals surface area contributed by atoms with Gasteiger partial charge in [-0.15, -0.1) is 0 Å². The average Bonchev–Trinajstić information content (AvgIpc) is 2.87. The first-order valence-electron chi connectivity index (χ1n) is 14.1. The van der Waals surface area contributed by atoms with Crippen LogP contribution in [0.4, 0.5) is 5.69 Å². The van der Waals surface area contributed by atoms with Crippen LogP contribution < -0.4 is 9.62 Å². The lowest BCUT2D eigenvalue weighted by Gasteiger charge is -2.34. The second-order valence-electron chi connectivity index (χ2n) is 11.8. The van der Waals surface area contributed by atoms with E-state index in [1.165, 1.54) is 10.6 Å². The summed E-state index contributed by atoms with van der Waals surface area (Å²) < 4.78 is 26.8. The number of carbonyl (C=O) groups excluding carboxylic acids is 2. The van der Waals surface area contributed by atoms with Gasteiger partial charge in [0.25, 0.3) is 0 Å². The largest absolute Gasteiger partial charge is 0.350 e. The molecule has 0 aliphatic heterocycles. The van der Waals surface area contributed by atoms with Crippen molar-refractivity contribution >= 4 is 39.1 Å². The second kappa shape index (κ2) is 14.2. The van der Waals surface area contributed by atoms with E-state index in [0.717, 1.165) is 22.3 Å². The van der Waals surface area contributed by atoms with Gasteiger partial charge < -0.3 is 10.2 Å². The van der Waals surface area contributed by atoms with Crippen LogP contribution >= 0.6 is 11.6 Å². The molecule has 0 saturated carbocycles. The minimum absolute atomic E-state index is 0.0510. The van der Waals surface area contributed by atoms with Gasteiger partial charge in [0, 0.05) is 36.5 Å². The van der Waals surface area contributed by atoms with E-state index in [0.29, 0.717) is 17.1 Å². The number of hydrogen-bond donors (Lipinski definition) is 1. The van der Waals surface area contributed by atoms with Crippen molar-refractivity contribution in [2.75, 3.05) is 17.1 Å². The summed E-state index contributed by atoms with van der Waals surface area (Å²) in [5, 5.41) is 3.55. The van der Waals surface area contributed by atoms with E-state index in [1.807, 2.05) is 101 Å². The number of carbonyl (C=O) groups is 2. The Morgan fingerprint density at radius 1 is 0.929 bits per heavy atom. The Hall–Kier alpha value is -3.36. The highest BCUT2D eigenvalue weighted by Crippen LogP contribution is 2.24. The van der Waals surface area contributed by atoms with Crippen LogP contribution in [0.5, 0.6) is 0 Å². The van der Waals surface area contributed by atoms with E-state index in [-0.39, 0.29) is 37.7 Å². The van der Waals surface area contributed by atoms with E-state index < -0.39 is 21.6 Å². The molecule has 1 atom stereocenters. The fourth-order valence-electron chi connectivity index (χ4n) is 4.92. The van der Waals surface area contributed by atoms with Crippen molar-refractivity contribution in [1.29, 1.82) is 0 Å². The fraction of sp³-hybridized carbons (Fsp3) is 0.394. The Bertz CT molecular complexity index is 1470. The number of nitrogens with one attached hydrogen (secondary N) is 1. The van der Waals surface area contributed by atoms with Gasteiger partial charge in [-0.25, -0.2) is 8.42 Å². The molecule has 1 N–H and O–H groups in total. The number of amides is 2. The van der Waals surface area contributed by atoms with Crippen molar-refractivity contribution in [3.8, 4) is 0 Å². The number of halogens is 1. The monoisotopic (exact) mass is 611 g/mol. The summed E-state index contributed by atoms with van der Waals surface area (Å²) in [6.45, 7) is 9.81. The summed E-state index contributed by atoms with van der Waals surface area (Å²) in [4.78, 5) is 29.3. The van der Waals surface area contributed by atoms with E-state index in [4.69, 9.17) is 11.6 Å². The zero-order chi connectivity index (χ0) is 31.1. The molecule has 9 heteroatoms. The zero-order valence-electron chi connectivity index (χ0n) is 25.4. The normalized spacial score (nSPS) is 12.5. The van der Waals surface area contributed by atoms with Crippen molar-refractivity contribution in [2.45, 2.75) is 72.0 Å². The Balaban J connectivity index is 1.92. The first-order chi connectivity index (χ1) is 19.6. The maximum absolute atomic E-state index is 14.0. The van der Waals surface area contributed by atoms with Crippen LogP contribution in [-0.4, -0.2) is 49.5 Å². The Morgan fingerprint density at radius 3 is 2.10 bits per heavy atom. The maximum atomic E-state index is 14.0. The van der Waals surface area contributed by atoms with Crippen molar-refractivity contribution in [2.24, 2.45) is 0 Å². The van der Waals surface area contributed by atoms with Crippen LogP contribution in [-0.2, 0) is 32.6 Å². The zero-order valence-corrected chi connectivity index (χ0v) is 26.9. The molecule has 3 aromatic carbocycles. The van der Waals surface area contributed by atoms with Gasteiger partial charge in [0.15, 0.2) is 0 Å². The highest BCUT2D eigenvalue weighted by molar-refractivity contribution is 7.92. The predicted molar refractivity (Wildman–Crippen MR) is 171 cm³/mol. The molecule has 226 valence electrons. The highest BCUT2D eigenvalue weighted by atomic mass is 35.5. The first kappa shape index (κ1) is 33.1. The number of sulfonamides is 1. The van der Waals surface area contributed by atoms with Gasteiger partial charge in [-0.2, -0.15) is 0 Å². The molecule has 0 fully saturated rings. The lowest BCUT2D eigenvalue weighted by molar-refractivity contribution is -0.142. The SMILES string of the molecule is Cc1cc(C)cc(N(CCCC(=O)N(Cc2ccccc2Cl)[C@@H](Cc2ccccc2)C(=O)NC(C)(C)C)S(C)(=O)=O)c1. The lowest BCUT2D eigenvalue weighted by atomic mass is 10.00. The first-order valence-corrected chi connectivity index (χ1v) is 16.3. The molecule has 0 spiro atoms. The topological polar surface area (TPSA) is 86.8 Å². The minimum Gasteiger partial charge on any atom is -0.350 e. The van der Waals surface area contributed by atoms with E-state index in [1.54, 1.807) is 11.0 Å². The molecule has 0 unspecified atom stereocenters. The second-order valence-corrected chi connectivity index (χ2v) is 14.2. The van der Waals surface area contributed by atoms with Crippen LogP contribution in [0.1, 0.15) is 55.9 Å². The van der Waals surface area contributed by atoms with Crippen LogP contribution in [0.15, 0.2) is 72.8 Å². The van der Waals surface area contributed by atoms with Crippen LogP contribution in [0.2, 0.25) is 5.02 Å². The third kappa shape index (κ3) is 9.88. The highest BCUT2D eigenvalue weighted by Gasteiger charge is 2.32. The molecular weight excluding hydrogens is 570 g/mol. The Morgan fingerprint density at radius 2 is 1.52 bits per heavy atom. The standard InChI is InChI=1S/C33H42ClN3O4S/c1-24-19-25(2)21-28(20-24)37(42(6,40)41)18-12-17-31(38)36(23-27-15-10-11-16-29(27)34)30(32(39)35-33(3,4)5)22-26-13-8-7-9-14-26/h7-11,13-16,19-21,30H,12,17-18,22-23H2,1-6H3,(H,35,39)/t30-/m0/s1. The molecular formula is C33H42ClN3O4S. The van der Waals surface area contributed by atoms with Gasteiger partial charge in [0.2, 0.25) is 21.8 Å². The van der Waals surface area contributed by atoms with Crippen molar-refractivity contribution < 1.29 is 18.0 Å². The summed E-state index contributed by atoms with van der Waals surface area (Å²) in [7, 11) is -3.59.